The molecule has 0 radical (unpaired) electrons. The first-order chi connectivity index (χ1) is 11.3. The highest BCUT2D eigenvalue weighted by Gasteiger charge is 1.96. The number of methoxy groups -OCH3 is 1. The molecule has 0 aromatic carbocycles. The normalized spacial score (nSPS) is 12.6. The number of rotatable bonds is 13. The number of unbranched alkanes of at least 4 members (excludes halogenated alkanes) is 1. The highest BCUT2D eigenvalue weighted by atomic mass is 16.5. The Hall–Kier alpha value is -1.83. The average Bonchev–Trinajstić information content (AvgIpc) is 2.57. The zero-order valence-electron chi connectivity index (χ0n) is 14.7. The van der Waals surface area contributed by atoms with E-state index in [2.05, 4.69) is 72.4 Å². The summed E-state index contributed by atoms with van der Waals surface area (Å²) in [5, 5.41) is 0. The topological polar surface area (TPSA) is 26.3 Å². The van der Waals surface area contributed by atoms with Gasteiger partial charge in [-0.1, -0.05) is 67.7 Å². The zero-order chi connectivity index (χ0) is 17.0. The standard InChI is InChI=1S/C21H32O2/c1-3-4-5-6-7-8-9-10-11-12-13-14-15-16-17-18-19-20-21(22)23-2/h4-5,7-8,10-11,13-14,16-17H,3,6,9,12,15,18-20H2,1-2H3. The Bertz CT molecular complexity index is 412. The van der Waals surface area contributed by atoms with Crippen molar-refractivity contribution < 1.29 is 9.53 Å². The van der Waals surface area contributed by atoms with E-state index in [1.54, 1.807) is 0 Å². The predicted molar refractivity (Wildman–Crippen MR) is 100 cm³/mol. The van der Waals surface area contributed by atoms with Gasteiger partial charge in [-0.15, -0.1) is 0 Å². The Balaban J connectivity index is 3.47. The summed E-state index contributed by atoms with van der Waals surface area (Å²) in [6.45, 7) is 2.15. The minimum absolute atomic E-state index is 0.127. The van der Waals surface area contributed by atoms with Gasteiger partial charge in [-0.3, -0.25) is 4.79 Å². The third-order valence-corrected chi connectivity index (χ3v) is 3.14. The summed E-state index contributed by atoms with van der Waals surface area (Å²) in [7, 11) is 1.43. The molecule has 2 heteroatoms. The fourth-order valence-corrected chi connectivity index (χ4v) is 1.83. The zero-order valence-corrected chi connectivity index (χ0v) is 14.7. The van der Waals surface area contributed by atoms with Gasteiger partial charge in [0, 0.05) is 6.42 Å². The summed E-state index contributed by atoms with van der Waals surface area (Å²) in [4.78, 5) is 10.9. The lowest BCUT2D eigenvalue weighted by molar-refractivity contribution is -0.140. The number of carbonyl (C=O) groups is 1. The van der Waals surface area contributed by atoms with Crippen molar-refractivity contribution in [3.8, 4) is 0 Å². The Morgan fingerprint density at radius 3 is 1.61 bits per heavy atom. The monoisotopic (exact) mass is 316 g/mol. The van der Waals surface area contributed by atoms with Crippen LogP contribution in [0.4, 0.5) is 0 Å². The molecule has 0 aliphatic rings. The molecule has 0 amide bonds. The molecule has 0 aromatic heterocycles. The van der Waals surface area contributed by atoms with Crippen LogP contribution in [0.5, 0.6) is 0 Å². The van der Waals surface area contributed by atoms with Gasteiger partial charge in [-0.05, 0) is 44.9 Å². The highest BCUT2D eigenvalue weighted by molar-refractivity contribution is 5.69. The van der Waals surface area contributed by atoms with Gasteiger partial charge in [0.05, 0.1) is 7.11 Å². The molecule has 128 valence electrons. The van der Waals surface area contributed by atoms with E-state index in [1.807, 2.05) is 0 Å². The van der Waals surface area contributed by atoms with Gasteiger partial charge in [0.25, 0.3) is 0 Å². The summed E-state index contributed by atoms with van der Waals surface area (Å²) in [5.74, 6) is -0.127. The number of esters is 1. The highest BCUT2D eigenvalue weighted by Crippen LogP contribution is 2.00. The van der Waals surface area contributed by atoms with Crippen molar-refractivity contribution in [2.24, 2.45) is 0 Å². The van der Waals surface area contributed by atoms with Crippen LogP contribution in [-0.4, -0.2) is 13.1 Å². The van der Waals surface area contributed by atoms with Crippen LogP contribution >= 0.6 is 0 Å². The summed E-state index contributed by atoms with van der Waals surface area (Å²) in [6.07, 6.45) is 29.2. The van der Waals surface area contributed by atoms with Crippen LogP contribution in [-0.2, 0) is 9.53 Å². The van der Waals surface area contributed by atoms with Gasteiger partial charge in [-0.2, -0.15) is 0 Å². The predicted octanol–water partition coefficient (Wildman–Crippen LogP) is 6.08. The van der Waals surface area contributed by atoms with Gasteiger partial charge in [0.2, 0.25) is 0 Å². The molecule has 0 rings (SSSR count). The molecule has 23 heavy (non-hydrogen) atoms. The minimum atomic E-state index is -0.127. The summed E-state index contributed by atoms with van der Waals surface area (Å²) < 4.78 is 4.59. The molecule has 0 N–H and O–H groups in total. The van der Waals surface area contributed by atoms with Crippen molar-refractivity contribution in [2.45, 2.75) is 58.3 Å². The van der Waals surface area contributed by atoms with E-state index in [1.165, 1.54) is 7.11 Å². The van der Waals surface area contributed by atoms with Gasteiger partial charge < -0.3 is 4.74 Å². The molecule has 2 nitrogen and oxygen atoms in total. The van der Waals surface area contributed by atoms with Crippen LogP contribution in [0.25, 0.3) is 0 Å². The number of ether oxygens (including phenoxy) is 1. The smallest absolute Gasteiger partial charge is 0.305 e. The van der Waals surface area contributed by atoms with Crippen molar-refractivity contribution in [3.63, 3.8) is 0 Å². The van der Waals surface area contributed by atoms with Gasteiger partial charge >= 0.3 is 5.97 Å². The van der Waals surface area contributed by atoms with Crippen molar-refractivity contribution >= 4 is 5.97 Å². The van der Waals surface area contributed by atoms with Crippen LogP contribution in [0.15, 0.2) is 60.8 Å². The molecule has 0 bridgehead atoms. The second-order valence-electron chi connectivity index (χ2n) is 5.18. The van der Waals surface area contributed by atoms with Crippen LogP contribution < -0.4 is 0 Å². The Kier molecular flexibility index (Phi) is 16.8. The Labute approximate surface area is 142 Å². The molecule has 0 aliphatic carbocycles. The van der Waals surface area contributed by atoms with Crippen LogP contribution in [0, 0.1) is 0 Å². The van der Waals surface area contributed by atoms with Gasteiger partial charge in [0.1, 0.15) is 0 Å². The fourth-order valence-electron chi connectivity index (χ4n) is 1.83. The lowest BCUT2D eigenvalue weighted by atomic mass is 10.2. The number of allylic oxidation sites excluding steroid dienone is 10. The summed E-state index contributed by atoms with van der Waals surface area (Å²) >= 11 is 0. The number of carbonyl (C=O) groups excluding carboxylic acids is 1. The van der Waals surface area contributed by atoms with E-state index >= 15 is 0 Å². The van der Waals surface area contributed by atoms with Crippen molar-refractivity contribution in [1.82, 2.24) is 0 Å². The Morgan fingerprint density at radius 1 is 0.739 bits per heavy atom. The van der Waals surface area contributed by atoms with E-state index in [4.69, 9.17) is 0 Å². The molecule has 0 atom stereocenters. The van der Waals surface area contributed by atoms with E-state index in [0.717, 1.165) is 44.9 Å². The van der Waals surface area contributed by atoms with E-state index in [9.17, 15) is 4.79 Å². The van der Waals surface area contributed by atoms with Gasteiger partial charge in [-0.25, -0.2) is 0 Å². The molecular weight excluding hydrogens is 284 g/mol. The van der Waals surface area contributed by atoms with Crippen molar-refractivity contribution in [3.05, 3.63) is 60.8 Å². The van der Waals surface area contributed by atoms with Crippen LogP contribution in [0.3, 0.4) is 0 Å². The third kappa shape index (κ3) is 18.1. The van der Waals surface area contributed by atoms with Gasteiger partial charge in [0.15, 0.2) is 0 Å². The fraction of sp³-hybridized carbons (Fsp3) is 0.476. The van der Waals surface area contributed by atoms with Crippen LogP contribution in [0.1, 0.15) is 58.3 Å². The molecule has 0 heterocycles. The number of hydrogen-bond acceptors (Lipinski definition) is 2. The number of hydrogen-bond donors (Lipinski definition) is 0. The molecule has 0 fully saturated rings. The van der Waals surface area contributed by atoms with Crippen LogP contribution in [0.2, 0.25) is 0 Å². The molecule has 0 aliphatic heterocycles. The SMILES string of the molecule is CCC=CCC=CCC=CCC=CCC=CCCCC(=O)OC. The lowest BCUT2D eigenvalue weighted by Crippen LogP contribution is -1.98. The molecule has 0 saturated heterocycles. The first-order valence-electron chi connectivity index (χ1n) is 8.63. The lowest BCUT2D eigenvalue weighted by Gasteiger charge is -1.95. The molecule has 0 saturated carbocycles. The maximum Gasteiger partial charge on any atom is 0.305 e. The quantitative estimate of drug-likeness (QED) is 0.234. The first kappa shape index (κ1) is 21.2. The average molecular weight is 316 g/mol. The summed E-state index contributed by atoms with van der Waals surface area (Å²) in [5.41, 5.74) is 0. The van der Waals surface area contributed by atoms with E-state index < -0.39 is 0 Å². The maximum atomic E-state index is 10.9. The minimum Gasteiger partial charge on any atom is -0.469 e. The largest absolute Gasteiger partial charge is 0.469 e. The second-order valence-corrected chi connectivity index (χ2v) is 5.18. The van der Waals surface area contributed by atoms with E-state index in [0.29, 0.717) is 6.42 Å². The van der Waals surface area contributed by atoms with Crippen molar-refractivity contribution in [2.75, 3.05) is 7.11 Å². The van der Waals surface area contributed by atoms with Crippen molar-refractivity contribution in [1.29, 1.82) is 0 Å². The molecule has 0 unspecified atom stereocenters. The molecule has 0 aromatic rings. The maximum absolute atomic E-state index is 10.9. The molecular formula is C21H32O2. The first-order valence-corrected chi connectivity index (χ1v) is 8.63. The summed E-state index contributed by atoms with van der Waals surface area (Å²) in [6, 6.07) is 0. The Morgan fingerprint density at radius 2 is 1.17 bits per heavy atom. The second kappa shape index (κ2) is 18.2. The third-order valence-electron chi connectivity index (χ3n) is 3.14. The molecule has 0 spiro atoms. The van der Waals surface area contributed by atoms with E-state index in [-0.39, 0.29) is 5.97 Å².